The standard InChI is InChI=1S/2C12H12N2O4/c2*1-3-12(7-15)5-4-9(18-12)14-6-8(2)10(16)13-11(14)17/h2*1,4-6,9,15H,7H2,2H3,(H,13,16,17)/t2*9-,12+/m11/s1. The molecule has 0 saturated heterocycles. The third kappa shape index (κ3) is 5.07. The molecule has 0 amide bonds. The van der Waals surface area contributed by atoms with Gasteiger partial charge in [0.1, 0.15) is 0 Å². The highest BCUT2D eigenvalue weighted by molar-refractivity contribution is 5.26. The van der Waals surface area contributed by atoms with Gasteiger partial charge >= 0.3 is 11.4 Å². The van der Waals surface area contributed by atoms with Gasteiger partial charge in [-0.3, -0.25) is 28.7 Å². The molecule has 0 fully saturated rings. The lowest BCUT2D eigenvalue weighted by Crippen LogP contribution is -2.36. The summed E-state index contributed by atoms with van der Waals surface area (Å²) in [6.07, 6.45) is 18.0. The summed E-state index contributed by atoms with van der Waals surface area (Å²) in [6, 6.07) is 0. The zero-order valence-electron chi connectivity index (χ0n) is 19.4. The fourth-order valence-corrected chi connectivity index (χ4v) is 3.35. The number of ether oxygens (including phenoxy) is 2. The van der Waals surface area contributed by atoms with Gasteiger partial charge in [0.2, 0.25) is 0 Å². The number of aliphatic hydroxyl groups is 2. The lowest BCUT2D eigenvalue weighted by Gasteiger charge is -2.21. The molecule has 4 rings (SSSR count). The van der Waals surface area contributed by atoms with Crippen molar-refractivity contribution in [3.63, 3.8) is 0 Å². The minimum Gasteiger partial charge on any atom is -0.392 e. The van der Waals surface area contributed by atoms with E-state index in [4.69, 9.17) is 22.3 Å². The van der Waals surface area contributed by atoms with Crippen LogP contribution in [0.4, 0.5) is 0 Å². The van der Waals surface area contributed by atoms with Gasteiger partial charge < -0.3 is 19.7 Å². The number of aliphatic hydroxyl groups excluding tert-OH is 2. The second-order valence-corrected chi connectivity index (χ2v) is 8.08. The van der Waals surface area contributed by atoms with Crippen LogP contribution in [0.5, 0.6) is 0 Å². The van der Waals surface area contributed by atoms with Gasteiger partial charge in [-0.2, -0.15) is 0 Å². The Morgan fingerprint density at radius 1 is 0.833 bits per heavy atom. The highest BCUT2D eigenvalue weighted by Crippen LogP contribution is 2.28. The summed E-state index contributed by atoms with van der Waals surface area (Å²) in [6.45, 7) is 2.39. The van der Waals surface area contributed by atoms with Crippen LogP contribution in [-0.4, -0.2) is 53.7 Å². The van der Waals surface area contributed by atoms with E-state index in [9.17, 15) is 29.4 Å². The highest BCUT2D eigenvalue weighted by Gasteiger charge is 2.35. The van der Waals surface area contributed by atoms with Crippen molar-refractivity contribution in [3.05, 3.63) is 89.5 Å². The Kier molecular flexibility index (Phi) is 7.48. The van der Waals surface area contributed by atoms with Crippen molar-refractivity contribution in [1.29, 1.82) is 0 Å². The number of hydrogen-bond donors (Lipinski definition) is 4. The predicted octanol–water partition coefficient (Wildman–Crippen LogP) is -1.41. The van der Waals surface area contributed by atoms with Gasteiger partial charge in [0.15, 0.2) is 23.7 Å². The number of aromatic nitrogens is 4. The first-order chi connectivity index (χ1) is 17.0. The molecule has 12 heteroatoms. The number of aryl methyl sites for hydroxylation is 2. The van der Waals surface area contributed by atoms with Crippen LogP contribution >= 0.6 is 0 Å². The van der Waals surface area contributed by atoms with Crippen molar-refractivity contribution in [1.82, 2.24) is 19.1 Å². The SMILES string of the molecule is C#C[C@@]1(CO)C=C[C@H](n2cc(C)c(=O)[nH]c2=O)O1.C#C[C@@]1(CO)C=C[C@H](n2cc(C)c(=O)[nH]c2=O)O1. The fourth-order valence-electron chi connectivity index (χ4n) is 3.35. The molecule has 0 aliphatic carbocycles. The molecule has 0 aromatic carbocycles. The quantitative estimate of drug-likeness (QED) is 0.296. The molecule has 2 aliphatic heterocycles. The van der Waals surface area contributed by atoms with E-state index in [1.54, 1.807) is 26.0 Å². The molecule has 0 radical (unpaired) electrons. The maximum atomic E-state index is 11.6. The summed E-state index contributed by atoms with van der Waals surface area (Å²) in [4.78, 5) is 50.1. The molecule has 2 aromatic rings. The van der Waals surface area contributed by atoms with Crippen molar-refractivity contribution in [3.8, 4) is 24.7 Å². The van der Waals surface area contributed by atoms with Crippen molar-refractivity contribution in [2.75, 3.05) is 13.2 Å². The van der Waals surface area contributed by atoms with E-state index in [1.165, 1.54) is 33.7 Å². The van der Waals surface area contributed by atoms with E-state index in [0.717, 1.165) is 0 Å². The van der Waals surface area contributed by atoms with Crippen molar-refractivity contribution < 1.29 is 19.7 Å². The molecule has 0 unspecified atom stereocenters. The monoisotopic (exact) mass is 496 g/mol. The summed E-state index contributed by atoms with van der Waals surface area (Å²) in [5, 5.41) is 18.4. The number of nitrogens with zero attached hydrogens (tertiary/aromatic N) is 2. The maximum Gasteiger partial charge on any atom is 0.330 e. The Balaban J connectivity index is 0.000000201. The first-order valence-corrected chi connectivity index (χ1v) is 10.6. The fraction of sp³-hybridized carbons (Fsp3) is 0.333. The number of aromatic amines is 2. The summed E-state index contributed by atoms with van der Waals surface area (Å²) < 4.78 is 13.3. The molecule has 12 nitrogen and oxygen atoms in total. The minimum absolute atomic E-state index is 0.381. The lowest BCUT2D eigenvalue weighted by molar-refractivity contribution is -0.0503. The Bertz CT molecular complexity index is 1410. The average molecular weight is 496 g/mol. The first kappa shape index (κ1) is 26.4. The van der Waals surface area contributed by atoms with Crippen LogP contribution < -0.4 is 22.5 Å². The largest absolute Gasteiger partial charge is 0.392 e. The number of nitrogens with one attached hydrogen (secondary N) is 2. The molecule has 2 aliphatic rings. The highest BCUT2D eigenvalue weighted by atomic mass is 16.5. The zero-order valence-corrected chi connectivity index (χ0v) is 19.4. The summed E-state index contributed by atoms with van der Waals surface area (Å²) >= 11 is 0. The van der Waals surface area contributed by atoms with Gasteiger partial charge in [0.05, 0.1) is 13.2 Å². The van der Waals surface area contributed by atoms with Crippen molar-refractivity contribution in [2.24, 2.45) is 0 Å². The second-order valence-electron chi connectivity index (χ2n) is 8.08. The Morgan fingerprint density at radius 2 is 1.19 bits per heavy atom. The molecule has 4 atom stereocenters. The topological polar surface area (TPSA) is 169 Å². The van der Waals surface area contributed by atoms with Crippen LogP contribution in [0.15, 0.2) is 55.9 Å². The number of hydrogen-bond acceptors (Lipinski definition) is 8. The zero-order chi connectivity index (χ0) is 26.7. The van der Waals surface area contributed by atoms with Crippen LogP contribution in [0, 0.1) is 38.5 Å². The minimum atomic E-state index is -1.21. The maximum absolute atomic E-state index is 11.6. The third-order valence-electron chi connectivity index (χ3n) is 5.52. The lowest BCUT2D eigenvalue weighted by atomic mass is 10.1. The van der Waals surface area contributed by atoms with Crippen molar-refractivity contribution >= 4 is 0 Å². The second kappa shape index (κ2) is 10.2. The van der Waals surface area contributed by atoms with Crippen LogP contribution in [0.3, 0.4) is 0 Å². The smallest absolute Gasteiger partial charge is 0.330 e. The van der Waals surface area contributed by atoms with Gasteiger partial charge in [-0.05, 0) is 38.2 Å². The molecule has 0 bridgehead atoms. The van der Waals surface area contributed by atoms with Crippen LogP contribution in [0.1, 0.15) is 23.6 Å². The van der Waals surface area contributed by atoms with Crippen LogP contribution in [-0.2, 0) is 9.47 Å². The van der Waals surface area contributed by atoms with E-state index in [2.05, 4.69) is 21.8 Å². The van der Waals surface area contributed by atoms with Gasteiger partial charge in [0, 0.05) is 23.5 Å². The number of H-pyrrole nitrogens is 2. The van der Waals surface area contributed by atoms with Crippen molar-refractivity contribution in [2.45, 2.75) is 37.5 Å². The Labute approximate surface area is 204 Å². The molecule has 36 heavy (non-hydrogen) atoms. The normalized spacial score (nSPS) is 26.2. The molecule has 2 aromatic heterocycles. The van der Waals surface area contributed by atoms with Crippen LogP contribution in [0.2, 0.25) is 0 Å². The number of terminal acetylenes is 2. The molecular weight excluding hydrogens is 472 g/mol. The predicted molar refractivity (Wildman–Crippen MR) is 128 cm³/mol. The summed E-state index contributed by atoms with van der Waals surface area (Å²) in [5.74, 6) is 4.65. The van der Waals surface area contributed by atoms with E-state index >= 15 is 0 Å². The third-order valence-corrected chi connectivity index (χ3v) is 5.52. The van der Waals surface area contributed by atoms with Gasteiger partial charge in [-0.1, -0.05) is 11.8 Å². The molecule has 0 saturated carbocycles. The van der Waals surface area contributed by atoms with E-state index < -0.39 is 46.2 Å². The first-order valence-electron chi connectivity index (χ1n) is 10.6. The van der Waals surface area contributed by atoms with Gasteiger partial charge in [-0.25, -0.2) is 9.59 Å². The van der Waals surface area contributed by atoms with Gasteiger partial charge in [-0.15, -0.1) is 12.8 Å². The molecular formula is C24H24N4O8. The molecule has 0 spiro atoms. The number of rotatable bonds is 4. The average Bonchev–Trinajstić information content (AvgIpc) is 3.50. The van der Waals surface area contributed by atoms with E-state index in [-0.39, 0.29) is 13.2 Å². The Morgan fingerprint density at radius 3 is 1.47 bits per heavy atom. The van der Waals surface area contributed by atoms with E-state index in [1.807, 2.05) is 0 Å². The molecule has 4 N–H and O–H groups in total. The van der Waals surface area contributed by atoms with Gasteiger partial charge in [0.25, 0.3) is 11.1 Å². The Hall–Kier alpha value is -4.20. The van der Waals surface area contributed by atoms with Crippen LogP contribution in [0.25, 0.3) is 0 Å². The summed E-state index contributed by atoms with van der Waals surface area (Å²) in [5.41, 5.74) is -3.73. The summed E-state index contributed by atoms with van der Waals surface area (Å²) in [7, 11) is 0. The molecule has 188 valence electrons. The molecule has 4 heterocycles. The van der Waals surface area contributed by atoms with E-state index in [0.29, 0.717) is 11.1 Å².